The number of allylic oxidation sites excluding steroid dienone is 1. The van der Waals surface area contributed by atoms with Crippen LogP contribution in [0.4, 0.5) is 24.5 Å². The topological polar surface area (TPSA) is 91.8 Å². The van der Waals surface area contributed by atoms with Crippen LogP contribution >= 0.6 is 11.6 Å². The predicted octanol–water partition coefficient (Wildman–Crippen LogP) is 7.47. The van der Waals surface area contributed by atoms with Crippen molar-refractivity contribution >= 4 is 52.0 Å². The second kappa shape index (κ2) is 9.97. The van der Waals surface area contributed by atoms with Crippen LogP contribution in [-0.4, -0.2) is 26.3 Å². The number of aromatic nitrogens is 3. The van der Waals surface area contributed by atoms with Crippen molar-refractivity contribution in [1.82, 2.24) is 14.5 Å². The molecule has 0 saturated heterocycles. The molecule has 3 heterocycles. The van der Waals surface area contributed by atoms with E-state index in [2.05, 4.69) is 15.6 Å². The Balaban J connectivity index is 1.42. The molecule has 0 radical (unpaired) electrons. The van der Waals surface area contributed by atoms with Gasteiger partial charge in [-0.15, -0.1) is 0 Å². The van der Waals surface area contributed by atoms with Gasteiger partial charge in [-0.05, 0) is 61.0 Å². The van der Waals surface area contributed by atoms with Crippen LogP contribution in [-0.2, 0) is 6.18 Å². The van der Waals surface area contributed by atoms with Gasteiger partial charge in [0.15, 0.2) is 0 Å². The molecular weight excluding hydrogens is 555 g/mol. The second-order valence-electron chi connectivity index (χ2n) is 9.57. The number of nitrogens with zero attached hydrogens (tertiary/aromatic N) is 2. The molecule has 2 amide bonds. The third kappa shape index (κ3) is 4.87. The number of rotatable bonds is 5. The number of halogens is 4. The minimum Gasteiger partial charge on any atom is -0.341 e. The summed E-state index contributed by atoms with van der Waals surface area (Å²) in [5.41, 5.74) is 1.51. The van der Waals surface area contributed by atoms with Crippen LogP contribution in [0.1, 0.15) is 49.3 Å². The van der Waals surface area contributed by atoms with Crippen LogP contribution in [0.2, 0.25) is 5.02 Å². The number of fused-ring (bicyclic) bond motifs is 2. The van der Waals surface area contributed by atoms with Gasteiger partial charge in [0.25, 0.3) is 11.8 Å². The Kier molecular flexibility index (Phi) is 6.42. The van der Waals surface area contributed by atoms with Gasteiger partial charge in [0.05, 0.1) is 28.1 Å². The Morgan fingerprint density at radius 2 is 1.76 bits per heavy atom. The van der Waals surface area contributed by atoms with Gasteiger partial charge in [-0.3, -0.25) is 9.59 Å². The first-order valence-electron chi connectivity index (χ1n) is 12.5. The minimum absolute atomic E-state index is 0.112. The number of benzene rings is 3. The Morgan fingerprint density at radius 1 is 0.976 bits per heavy atom. The lowest BCUT2D eigenvalue weighted by Gasteiger charge is -2.14. The third-order valence-corrected chi connectivity index (χ3v) is 7.37. The normalized spacial score (nSPS) is 14.3. The highest BCUT2D eigenvalue weighted by molar-refractivity contribution is 6.31. The molecule has 0 spiro atoms. The summed E-state index contributed by atoms with van der Waals surface area (Å²) in [4.78, 5) is 34.6. The molecule has 0 fully saturated rings. The quantitative estimate of drug-likeness (QED) is 0.203. The molecule has 2 aromatic heterocycles. The predicted molar refractivity (Wildman–Crippen MR) is 151 cm³/mol. The van der Waals surface area contributed by atoms with Crippen molar-refractivity contribution in [3.8, 4) is 0 Å². The average molecular weight is 576 g/mol. The summed E-state index contributed by atoms with van der Waals surface area (Å²) in [5.74, 6) is -1.14. The number of anilines is 2. The van der Waals surface area contributed by atoms with Gasteiger partial charge in [0.1, 0.15) is 11.3 Å². The van der Waals surface area contributed by atoms with Crippen molar-refractivity contribution in [3.63, 3.8) is 0 Å². The highest BCUT2D eigenvalue weighted by atomic mass is 35.5. The number of hydrogen-bond donors (Lipinski definition) is 3. The van der Waals surface area contributed by atoms with Gasteiger partial charge in [0, 0.05) is 34.5 Å². The highest BCUT2D eigenvalue weighted by Crippen LogP contribution is 2.35. The van der Waals surface area contributed by atoms with Crippen LogP contribution in [0, 0.1) is 6.92 Å². The Morgan fingerprint density at radius 3 is 2.56 bits per heavy atom. The first kappa shape index (κ1) is 26.4. The molecule has 3 N–H and O–H groups in total. The molecular formula is C30H21ClF3N5O2. The standard InChI is InChI=1S/C30H21ClF3N5O2/c1-16-22(31)8-4-9-23(16)37-29(41)20-14-17(35-28(40)18-6-2-3-7-21(18)30(32,33)34)15-24-26(20)38-27(36-24)19-11-13-39-12-5-10-25(19)39/h2-15,19H,1H3,(H,35,40)(H,36,38)(H,37,41). The molecule has 1 unspecified atom stereocenters. The molecule has 0 aliphatic carbocycles. The first-order chi connectivity index (χ1) is 19.6. The number of carbonyl (C=O) groups excluding carboxylic acids is 2. The molecule has 0 saturated carbocycles. The van der Waals surface area contributed by atoms with E-state index in [1.807, 2.05) is 35.2 Å². The van der Waals surface area contributed by atoms with E-state index in [0.29, 0.717) is 33.1 Å². The third-order valence-electron chi connectivity index (χ3n) is 6.96. The van der Waals surface area contributed by atoms with Gasteiger partial charge in [0.2, 0.25) is 0 Å². The molecule has 6 rings (SSSR count). The molecule has 206 valence electrons. The SMILES string of the molecule is Cc1c(Cl)cccc1NC(=O)c1cc(NC(=O)c2ccccc2C(F)(F)F)cc2[nH]c(C3C=Cn4cccc43)nc12. The van der Waals surface area contributed by atoms with Crippen LogP contribution in [0.5, 0.6) is 0 Å². The summed E-state index contributed by atoms with van der Waals surface area (Å²) in [6, 6.07) is 16.4. The summed E-state index contributed by atoms with van der Waals surface area (Å²) in [7, 11) is 0. The zero-order valence-corrected chi connectivity index (χ0v) is 22.1. The van der Waals surface area contributed by atoms with E-state index in [1.165, 1.54) is 18.2 Å². The fraction of sp³-hybridized carbons (Fsp3) is 0.100. The molecule has 41 heavy (non-hydrogen) atoms. The van der Waals surface area contributed by atoms with Crippen molar-refractivity contribution in [2.75, 3.05) is 10.6 Å². The molecule has 1 aliphatic rings. The zero-order chi connectivity index (χ0) is 28.9. The lowest BCUT2D eigenvalue weighted by atomic mass is 10.1. The van der Waals surface area contributed by atoms with Gasteiger partial charge in [-0.25, -0.2) is 4.98 Å². The molecule has 11 heteroatoms. The molecule has 7 nitrogen and oxygen atoms in total. The summed E-state index contributed by atoms with van der Waals surface area (Å²) in [6.07, 6.45) is 1.06. The monoisotopic (exact) mass is 575 g/mol. The maximum Gasteiger partial charge on any atom is 0.417 e. The van der Waals surface area contributed by atoms with Crippen LogP contribution in [0.3, 0.4) is 0 Å². The van der Waals surface area contributed by atoms with E-state index in [0.717, 1.165) is 17.8 Å². The molecule has 5 aromatic rings. The Bertz CT molecular complexity index is 1870. The van der Waals surface area contributed by atoms with Crippen LogP contribution in [0.15, 0.2) is 79.0 Å². The lowest BCUT2D eigenvalue weighted by Crippen LogP contribution is -2.19. The number of amides is 2. The molecule has 1 aliphatic heterocycles. The number of imidazole rings is 1. The number of hydrogen-bond acceptors (Lipinski definition) is 3. The number of aromatic amines is 1. The van der Waals surface area contributed by atoms with Crippen molar-refractivity contribution in [2.24, 2.45) is 0 Å². The molecule has 0 bridgehead atoms. The van der Waals surface area contributed by atoms with E-state index in [9.17, 15) is 22.8 Å². The van der Waals surface area contributed by atoms with Gasteiger partial charge >= 0.3 is 6.18 Å². The fourth-order valence-corrected chi connectivity index (χ4v) is 5.08. The molecule has 3 aromatic carbocycles. The summed E-state index contributed by atoms with van der Waals surface area (Å²) >= 11 is 6.23. The fourth-order valence-electron chi connectivity index (χ4n) is 4.90. The van der Waals surface area contributed by atoms with Crippen molar-refractivity contribution in [2.45, 2.75) is 19.0 Å². The van der Waals surface area contributed by atoms with Gasteiger partial charge < -0.3 is 20.2 Å². The van der Waals surface area contributed by atoms with Crippen LogP contribution in [0.25, 0.3) is 17.2 Å². The Labute approximate surface area is 236 Å². The van der Waals surface area contributed by atoms with E-state index in [4.69, 9.17) is 16.6 Å². The smallest absolute Gasteiger partial charge is 0.341 e. The summed E-state index contributed by atoms with van der Waals surface area (Å²) in [5, 5.41) is 5.83. The van der Waals surface area contributed by atoms with Gasteiger partial charge in [-0.1, -0.05) is 35.9 Å². The average Bonchev–Trinajstić information content (AvgIpc) is 3.66. The summed E-state index contributed by atoms with van der Waals surface area (Å²) in [6.45, 7) is 1.76. The number of H-pyrrole nitrogens is 1. The summed E-state index contributed by atoms with van der Waals surface area (Å²) < 4.78 is 42.6. The van der Waals surface area contributed by atoms with Crippen molar-refractivity contribution in [1.29, 1.82) is 0 Å². The van der Waals surface area contributed by atoms with E-state index >= 15 is 0 Å². The zero-order valence-electron chi connectivity index (χ0n) is 21.4. The Hall–Kier alpha value is -4.83. The lowest BCUT2D eigenvalue weighted by molar-refractivity contribution is -0.137. The van der Waals surface area contributed by atoms with Crippen molar-refractivity contribution < 1.29 is 22.8 Å². The maximum atomic E-state index is 13.6. The van der Waals surface area contributed by atoms with Crippen molar-refractivity contribution in [3.05, 3.63) is 118 Å². The largest absolute Gasteiger partial charge is 0.417 e. The second-order valence-corrected chi connectivity index (χ2v) is 9.97. The highest BCUT2D eigenvalue weighted by Gasteiger charge is 2.35. The first-order valence-corrected chi connectivity index (χ1v) is 12.9. The van der Waals surface area contributed by atoms with E-state index in [1.54, 1.807) is 31.2 Å². The molecule has 1 atom stereocenters. The number of nitrogens with one attached hydrogen (secondary N) is 3. The number of carbonyl (C=O) groups is 2. The van der Waals surface area contributed by atoms with Crippen LogP contribution < -0.4 is 10.6 Å². The van der Waals surface area contributed by atoms with E-state index in [-0.39, 0.29) is 17.2 Å². The maximum absolute atomic E-state index is 13.6. The minimum atomic E-state index is -4.72. The number of alkyl halides is 3. The van der Waals surface area contributed by atoms with E-state index < -0.39 is 29.1 Å². The van der Waals surface area contributed by atoms with Gasteiger partial charge in [-0.2, -0.15) is 13.2 Å².